The van der Waals surface area contributed by atoms with Gasteiger partial charge in [-0.05, 0) is 26.2 Å². The molecular formula is C16H22O9. The van der Waals surface area contributed by atoms with Gasteiger partial charge in [-0.3, -0.25) is 14.4 Å². The fraction of sp³-hybridized carbons (Fsp3) is 0.625. The number of carbonyl (C=O) groups is 4. The van der Waals surface area contributed by atoms with Gasteiger partial charge in [0.05, 0.1) is 17.8 Å². The van der Waals surface area contributed by atoms with Gasteiger partial charge in [-0.1, -0.05) is 6.58 Å². The highest BCUT2D eigenvalue weighted by atomic mass is 16.6. The Labute approximate surface area is 144 Å². The topological polar surface area (TPSA) is 147 Å². The molecule has 3 N–H and O–H groups in total. The summed E-state index contributed by atoms with van der Waals surface area (Å²) in [4.78, 5) is 45.6. The Balaban J connectivity index is 2.52. The SMILES string of the molecule is C=C(C)C(=O)OCC(O)COC(=O)C1CCC(C(=O)O)CC1C(=O)O. The lowest BCUT2D eigenvalue weighted by atomic mass is 9.74. The maximum absolute atomic E-state index is 12.1. The van der Waals surface area contributed by atoms with Gasteiger partial charge >= 0.3 is 23.9 Å². The Morgan fingerprint density at radius 1 is 1.04 bits per heavy atom. The molecule has 0 spiro atoms. The average Bonchev–Trinajstić information content (AvgIpc) is 2.56. The second-order valence-electron chi connectivity index (χ2n) is 6.06. The number of esters is 2. The number of aliphatic hydroxyl groups excluding tert-OH is 1. The van der Waals surface area contributed by atoms with Gasteiger partial charge in [-0.15, -0.1) is 0 Å². The van der Waals surface area contributed by atoms with E-state index >= 15 is 0 Å². The zero-order chi connectivity index (χ0) is 19.1. The number of carboxylic acids is 2. The molecule has 0 radical (unpaired) electrons. The quantitative estimate of drug-likeness (QED) is 0.409. The molecule has 0 heterocycles. The zero-order valence-corrected chi connectivity index (χ0v) is 13.8. The number of ether oxygens (including phenoxy) is 2. The molecule has 1 fully saturated rings. The van der Waals surface area contributed by atoms with Crippen molar-refractivity contribution in [2.75, 3.05) is 13.2 Å². The van der Waals surface area contributed by atoms with E-state index in [1.54, 1.807) is 0 Å². The van der Waals surface area contributed by atoms with E-state index in [0.717, 1.165) is 0 Å². The third-order valence-corrected chi connectivity index (χ3v) is 3.99. The summed E-state index contributed by atoms with van der Waals surface area (Å²) >= 11 is 0. The van der Waals surface area contributed by atoms with Gasteiger partial charge in [0.25, 0.3) is 0 Å². The van der Waals surface area contributed by atoms with Crippen molar-refractivity contribution in [2.45, 2.75) is 32.3 Å². The number of hydrogen-bond acceptors (Lipinski definition) is 7. The van der Waals surface area contributed by atoms with E-state index in [-0.39, 0.29) is 24.8 Å². The van der Waals surface area contributed by atoms with Crippen LogP contribution in [0, 0.1) is 17.8 Å². The van der Waals surface area contributed by atoms with Gasteiger partial charge in [0, 0.05) is 5.57 Å². The fourth-order valence-corrected chi connectivity index (χ4v) is 2.58. The molecule has 0 bridgehead atoms. The van der Waals surface area contributed by atoms with Crippen molar-refractivity contribution in [2.24, 2.45) is 17.8 Å². The van der Waals surface area contributed by atoms with Crippen molar-refractivity contribution in [1.82, 2.24) is 0 Å². The second-order valence-corrected chi connectivity index (χ2v) is 6.06. The van der Waals surface area contributed by atoms with Crippen molar-refractivity contribution < 1.29 is 44.0 Å². The number of carboxylic acid groups (broad SMARTS) is 2. The molecule has 1 rings (SSSR count). The first-order chi connectivity index (χ1) is 11.6. The van der Waals surface area contributed by atoms with Crippen molar-refractivity contribution in [3.8, 4) is 0 Å². The van der Waals surface area contributed by atoms with Gasteiger partial charge in [0.1, 0.15) is 19.3 Å². The molecule has 0 amide bonds. The average molecular weight is 358 g/mol. The summed E-state index contributed by atoms with van der Waals surface area (Å²) in [6.45, 7) is 3.95. The molecule has 4 unspecified atom stereocenters. The summed E-state index contributed by atoms with van der Waals surface area (Å²) < 4.78 is 9.60. The van der Waals surface area contributed by atoms with Crippen LogP contribution in [0.15, 0.2) is 12.2 Å². The summed E-state index contributed by atoms with van der Waals surface area (Å²) in [6, 6.07) is 0. The molecule has 1 aliphatic carbocycles. The van der Waals surface area contributed by atoms with Gasteiger partial charge in [-0.2, -0.15) is 0 Å². The first kappa shape index (κ1) is 20.6. The monoisotopic (exact) mass is 358 g/mol. The molecule has 0 saturated heterocycles. The standard InChI is InChI=1S/C16H22O9/c1-8(2)15(22)24-6-10(17)7-25-16(23)11-4-3-9(13(18)19)5-12(11)14(20)21/h9-12,17H,1,3-7H2,2H3,(H,18,19)(H,20,21). The van der Waals surface area contributed by atoms with Crippen LogP contribution in [-0.4, -0.2) is 58.5 Å². The minimum absolute atomic E-state index is 0.0769. The van der Waals surface area contributed by atoms with Gasteiger partial charge < -0.3 is 24.8 Å². The molecule has 1 saturated carbocycles. The van der Waals surface area contributed by atoms with Crippen LogP contribution in [-0.2, 0) is 28.7 Å². The Bertz CT molecular complexity index is 554. The van der Waals surface area contributed by atoms with Gasteiger partial charge in [0.15, 0.2) is 0 Å². The van der Waals surface area contributed by atoms with Crippen LogP contribution in [0.3, 0.4) is 0 Å². The van der Waals surface area contributed by atoms with E-state index in [0.29, 0.717) is 0 Å². The van der Waals surface area contributed by atoms with Crippen LogP contribution in [0.25, 0.3) is 0 Å². The Hall–Kier alpha value is -2.42. The van der Waals surface area contributed by atoms with Crippen molar-refractivity contribution in [1.29, 1.82) is 0 Å². The number of rotatable bonds is 8. The molecule has 25 heavy (non-hydrogen) atoms. The largest absolute Gasteiger partial charge is 0.481 e. The first-order valence-corrected chi connectivity index (χ1v) is 7.76. The summed E-state index contributed by atoms with van der Waals surface area (Å²) in [5.41, 5.74) is 0.156. The maximum atomic E-state index is 12.1. The second kappa shape index (κ2) is 9.16. The third-order valence-electron chi connectivity index (χ3n) is 3.99. The highest BCUT2D eigenvalue weighted by Crippen LogP contribution is 2.35. The minimum atomic E-state index is -1.26. The highest BCUT2D eigenvalue weighted by molar-refractivity contribution is 5.87. The van der Waals surface area contributed by atoms with Crippen LogP contribution in [0.1, 0.15) is 26.2 Å². The highest BCUT2D eigenvalue weighted by Gasteiger charge is 2.42. The van der Waals surface area contributed by atoms with Crippen LogP contribution in [0.2, 0.25) is 0 Å². The molecule has 140 valence electrons. The van der Waals surface area contributed by atoms with Crippen LogP contribution >= 0.6 is 0 Å². The molecule has 4 atom stereocenters. The smallest absolute Gasteiger partial charge is 0.333 e. The minimum Gasteiger partial charge on any atom is -0.481 e. The summed E-state index contributed by atoms with van der Waals surface area (Å²) in [5, 5.41) is 27.8. The van der Waals surface area contributed by atoms with Crippen LogP contribution < -0.4 is 0 Å². The first-order valence-electron chi connectivity index (χ1n) is 7.76. The normalized spacial score (nSPS) is 24.0. The Morgan fingerprint density at radius 3 is 2.16 bits per heavy atom. The lowest BCUT2D eigenvalue weighted by molar-refractivity contribution is -0.165. The lowest BCUT2D eigenvalue weighted by Gasteiger charge is -2.30. The number of aliphatic hydroxyl groups is 1. The molecule has 9 nitrogen and oxygen atoms in total. The van der Waals surface area contributed by atoms with E-state index in [9.17, 15) is 29.4 Å². The number of aliphatic carboxylic acids is 2. The Morgan fingerprint density at radius 2 is 1.64 bits per heavy atom. The molecule has 0 aromatic rings. The zero-order valence-electron chi connectivity index (χ0n) is 13.8. The molecule has 0 aromatic heterocycles. The van der Waals surface area contributed by atoms with Crippen molar-refractivity contribution >= 4 is 23.9 Å². The fourth-order valence-electron chi connectivity index (χ4n) is 2.58. The van der Waals surface area contributed by atoms with Gasteiger partial charge in [0.2, 0.25) is 0 Å². The van der Waals surface area contributed by atoms with E-state index in [4.69, 9.17) is 14.6 Å². The molecule has 0 aromatic carbocycles. The van der Waals surface area contributed by atoms with Crippen molar-refractivity contribution in [3.63, 3.8) is 0 Å². The predicted octanol–water partition coefficient (Wildman–Crippen LogP) is 0.211. The molecule has 0 aliphatic heterocycles. The van der Waals surface area contributed by atoms with E-state index in [1.807, 2.05) is 0 Å². The van der Waals surface area contributed by atoms with Crippen molar-refractivity contribution in [3.05, 3.63) is 12.2 Å². The summed E-state index contributed by atoms with van der Waals surface area (Å²) in [6.07, 6.45) is -1.15. The van der Waals surface area contributed by atoms with E-state index in [1.165, 1.54) is 6.92 Å². The summed E-state index contributed by atoms with van der Waals surface area (Å²) in [5.74, 6) is -6.79. The lowest BCUT2D eigenvalue weighted by Crippen LogP contribution is -2.39. The molecule has 1 aliphatic rings. The Kier molecular flexibility index (Phi) is 7.56. The number of carbonyl (C=O) groups excluding carboxylic acids is 2. The van der Waals surface area contributed by atoms with E-state index in [2.05, 4.69) is 6.58 Å². The molecule has 9 heteroatoms. The third kappa shape index (κ3) is 6.18. The van der Waals surface area contributed by atoms with Crippen LogP contribution in [0.4, 0.5) is 0 Å². The molecular weight excluding hydrogens is 336 g/mol. The summed E-state index contributed by atoms with van der Waals surface area (Å²) in [7, 11) is 0. The number of hydrogen-bond donors (Lipinski definition) is 3. The maximum Gasteiger partial charge on any atom is 0.333 e. The predicted molar refractivity (Wildman–Crippen MR) is 82.3 cm³/mol. The van der Waals surface area contributed by atoms with Gasteiger partial charge in [-0.25, -0.2) is 4.79 Å². The van der Waals surface area contributed by atoms with Crippen LogP contribution in [0.5, 0.6) is 0 Å². The van der Waals surface area contributed by atoms with E-state index < -0.39 is 60.9 Å².